The molecule has 0 aliphatic carbocycles. The van der Waals surface area contributed by atoms with Crippen molar-refractivity contribution in [2.24, 2.45) is 0 Å². The van der Waals surface area contributed by atoms with Gasteiger partial charge >= 0.3 is 0 Å². The van der Waals surface area contributed by atoms with E-state index >= 15 is 0 Å². The van der Waals surface area contributed by atoms with Gasteiger partial charge in [-0.1, -0.05) is 12.1 Å². The second-order valence-corrected chi connectivity index (χ2v) is 7.68. The minimum absolute atomic E-state index is 0.171. The van der Waals surface area contributed by atoms with Crippen LogP contribution in [0.5, 0.6) is 0 Å². The predicted molar refractivity (Wildman–Crippen MR) is 100 cm³/mol. The number of carbonyl (C=O) groups excluding carboxylic acids is 1. The van der Waals surface area contributed by atoms with Gasteiger partial charge in [-0.25, -0.2) is 13.1 Å². The molecule has 2 N–H and O–H groups in total. The number of benzene rings is 2. The molecule has 0 spiro atoms. The topological polar surface area (TPSA) is 78.5 Å². The number of anilines is 2. The Morgan fingerprint density at radius 3 is 2.12 bits per heavy atom. The van der Waals surface area contributed by atoms with E-state index in [2.05, 4.69) is 10.0 Å². The molecule has 0 saturated carbocycles. The van der Waals surface area contributed by atoms with Crippen LogP contribution in [0, 0.1) is 0 Å². The third kappa shape index (κ3) is 5.58. The second-order valence-electron chi connectivity index (χ2n) is 5.91. The van der Waals surface area contributed by atoms with Gasteiger partial charge in [-0.2, -0.15) is 0 Å². The average Bonchev–Trinajstić information content (AvgIpc) is 2.55. The molecule has 0 atom stereocenters. The van der Waals surface area contributed by atoms with Crippen LogP contribution in [0.25, 0.3) is 0 Å². The van der Waals surface area contributed by atoms with Crippen molar-refractivity contribution in [1.82, 2.24) is 4.72 Å². The molecule has 2 rings (SSSR count). The summed E-state index contributed by atoms with van der Waals surface area (Å²) >= 11 is 0. The summed E-state index contributed by atoms with van der Waals surface area (Å²) < 4.78 is 27.2. The standard InChI is InChI=1S/C18H23N3O3S/c1-14(22)20-16-6-10-18(11-7-16)25(23,24)19-13-12-15-4-8-17(9-5-15)21(2)3/h4-11,19H,12-13H2,1-3H3,(H,20,22). The zero-order valence-electron chi connectivity index (χ0n) is 14.6. The van der Waals surface area contributed by atoms with E-state index in [9.17, 15) is 13.2 Å². The molecular weight excluding hydrogens is 338 g/mol. The van der Waals surface area contributed by atoms with Gasteiger partial charge in [0.1, 0.15) is 0 Å². The molecule has 0 heterocycles. The molecule has 2 aromatic carbocycles. The van der Waals surface area contributed by atoms with Gasteiger partial charge in [0, 0.05) is 38.9 Å². The van der Waals surface area contributed by atoms with Crippen molar-refractivity contribution in [3.8, 4) is 0 Å². The number of nitrogens with zero attached hydrogens (tertiary/aromatic N) is 1. The molecule has 25 heavy (non-hydrogen) atoms. The number of hydrogen-bond donors (Lipinski definition) is 2. The van der Waals surface area contributed by atoms with E-state index in [1.807, 2.05) is 43.3 Å². The lowest BCUT2D eigenvalue weighted by atomic mass is 10.1. The van der Waals surface area contributed by atoms with E-state index in [4.69, 9.17) is 0 Å². The SMILES string of the molecule is CC(=O)Nc1ccc(S(=O)(=O)NCCc2ccc(N(C)C)cc2)cc1. The lowest BCUT2D eigenvalue weighted by Gasteiger charge is -2.13. The first kappa shape index (κ1) is 19.0. The third-order valence-electron chi connectivity index (χ3n) is 3.64. The number of hydrogen-bond acceptors (Lipinski definition) is 4. The van der Waals surface area contributed by atoms with E-state index in [0.717, 1.165) is 11.3 Å². The van der Waals surface area contributed by atoms with Crippen molar-refractivity contribution in [1.29, 1.82) is 0 Å². The van der Waals surface area contributed by atoms with Crippen LogP contribution in [0.2, 0.25) is 0 Å². The van der Waals surface area contributed by atoms with Gasteiger partial charge in [-0.05, 0) is 48.4 Å². The van der Waals surface area contributed by atoms with Crippen LogP contribution >= 0.6 is 0 Å². The smallest absolute Gasteiger partial charge is 0.240 e. The van der Waals surface area contributed by atoms with Crippen LogP contribution in [0.4, 0.5) is 11.4 Å². The fraction of sp³-hybridized carbons (Fsp3) is 0.278. The Balaban J connectivity index is 1.93. The molecule has 0 aromatic heterocycles. The van der Waals surface area contributed by atoms with E-state index in [1.54, 1.807) is 12.1 Å². The minimum atomic E-state index is -3.57. The van der Waals surface area contributed by atoms with Crippen molar-refractivity contribution in [3.05, 3.63) is 54.1 Å². The van der Waals surface area contributed by atoms with E-state index in [0.29, 0.717) is 18.7 Å². The fourth-order valence-electron chi connectivity index (χ4n) is 2.29. The number of rotatable bonds is 7. The zero-order chi connectivity index (χ0) is 18.4. The second kappa shape index (κ2) is 8.13. The summed E-state index contributed by atoms with van der Waals surface area (Å²) in [5, 5.41) is 2.60. The molecular formula is C18H23N3O3S. The zero-order valence-corrected chi connectivity index (χ0v) is 15.4. The predicted octanol–water partition coefficient (Wildman–Crippen LogP) is 2.23. The molecule has 2 aromatic rings. The Hall–Kier alpha value is -2.38. The van der Waals surface area contributed by atoms with E-state index in [1.165, 1.54) is 19.1 Å². The Morgan fingerprint density at radius 1 is 1.00 bits per heavy atom. The number of sulfonamides is 1. The molecule has 1 amide bonds. The average molecular weight is 361 g/mol. The summed E-state index contributed by atoms with van der Waals surface area (Å²) in [6, 6.07) is 14.1. The van der Waals surface area contributed by atoms with Crippen molar-refractivity contribution in [2.45, 2.75) is 18.2 Å². The van der Waals surface area contributed by atoms with Crippen LogP contribution in [-0.4, -0.2) is 35.0 Å². The molecule has 0 aliphatic rings. The maximum absolute atomic E-state index is 12.3. The highest BCUT2D eigenvalue weighted by Crippen LogP contribution is 2.15. The summed E-state index contributed by atoms with van der Waals surface area (Å²) in [4.78, 5) is 13.2. The van der Waals surface area contributed by atoms with Gasteiger partial charge in [-0.15, -0.1) is 0 Å². The maximum Gasteiger partial charge on any atom is 0.240 e. The van der Waals surface area contributed by atoms with Crippen LogP contribution in [0.15, 0.2) is 53.4 Å². The van der Waals surface area contributed by atoms with Crippen molar-refractivity contribution >= 4 is 27.3 Å². The molecule has 0 fully saturated rings. The quantitative estimate of drug-likeness (QED) is 0.793. The molecule has 0 bridgehead atoms. The van der Waals surface area contributed by atoms with E-state index in [-0.39, 0.29) is 10.8 Å². The molecule has 0 saturated heterocycles. The van der Waals surface area contributed by atoms with Crippen LogP contribution in [0.3, 0.4) is 0 Å². The lowest BCUT2D eigenvalue weighted by Crippen LogP contribution is -2.26. The fourth-order valence-corrected chi connectivity index (χ4v) is 3.33. The van der Waals surface area contributed by atoms with Crippen LogP contribution < -0.4 is 14.9 Å². The third-order valence-corrected chi connectivity index (χ3v) is 5.12. The molecule has 0 unspecified atom stereocenters. The van der Waals surface area contributed by atoms with Gasteiger partial charge in [0.15, 0.2) is 0 Å². The summed E-state index contributed by atoms with van der Waals surface area (Å²) in [6.45, 7) is 1.72. The lowest BCUT2D eigenvalue weighted by molar-refractivity contribution is -0.114. The van der Waals surface area contributed by atoms with Crippen molar-refractivity contribution in [2.75, 3.05) is 30.9 Å². The van der Waals surface area contributed by atoms with Gasteiger partial charge in [-0.3, -0.25) is 4.79 Å². The number of carbonyl (C=O) groups is 1. The summed E-state index contributed by atoms with van der Waals surface area (Å²) in [5.41, 5.74) is 2.73. The van der Waals surface area contributed by atoms with Gasteiger partial charge < -0.3 is 10.2 Å². The van der Waals surface area contributed by atoms with Crippen molar-refractivity contribution < 1.29 is 13.2 Å². The molecule has 0 radical (unpaired) electrons. The first-order valence-corrected chi connectivity index (χ1v) is 9.40. The van der Waals surface area contributed by atoms with E-state index < -0.39 is 10.0 Å². The highest BCUT2D eigenvalue weighted by Gasteiger charge is 2.13. The molecule has 6 nitrogen and oxygen atoms in total. The minimum Gasteiger partial charge on any atom is -0.378 e. The summed E-state index contributed by atoms with van der Waals surface area (Å²) in [7, 11) is 0.377. The van der Waals surface area contributed by atoms with Gasteiger partial charge in [0.05, 0.1) is 4.90 Å². The maximum atomic E-state index is 12.3. The molecule has 0 aliphatic heterocycles. The Bertz CT molecular complexity index is 814. The Morgan fingerprint density at radius 2 is 1.60 bits per heavy atom. The van der Waals surface area contributed by atoms with Gasteiger partial charge in [0.25, 0.3) is 0 Å². The highest BCUT2D eigenvalue weighted by atomic mass is 32.2. The van der Waals surface area contributed by atoms with Gasteiger partial charge in [0.2, 0.25) is 15.9 Å². The van der Waals surface area contributed by atoms with Crippen molar-refractivity contribution in [3.63, 3.8) is 0 Å². The monoisotopic (exact) mass is 361 g/mol. The molecule has 7 heteroatoms. The molecule has 134 valence electrons. The summed E-state index contributed by atoms with van der Waals surface area (Å²) in [5.74, 6) is -0.200. The van der Waals surface area contributed by atoms with Crippen LogP contribution in [0.1, 0.15) is 12.5 Å². The normalized spacial score (nSPS) is 11.2. The van der Waals surface area contributed by atoms with Crippen LogP contribution in [-0.2, 0) is 21.2 Å². The Kier molecular flexibility index (Phi) is 6.17. The summed E-state index contributed by atoms with van der Waals surface area (Å²) in [6.07, 6.45) is 0.608. The number of nitrogens with one attached hydrogen (secondary N) is 2. The Labute approximate surface area is 148 Å². The first-order valence-electron chi connectivity index (χ1n) is 7.91. The number of amides is 1. The first-order chi connectivity index (χ1) is 11.8. The largest absolute Gasteiger partial charge is 0.378 e. The highest BCUT2D eigenvalue weighted by molar-refractivity contribution is 7.89.